The van der Waals surface area contributed by atoms with E-state index in [1.165, 1.54) is 0 Å². The number of unbranched alkanes of at least 4 members (excludes halogenated alkanes) is 1. The Kier molecular flexibility index (Phi) is 8.26. The Morgan fingerprint density at radius 2 is 1.62 bits per heavy atom. The van der Waals surface area contributed by atoms with Gasteiger partial charge in [-0.25, -0.2) is 5.06 Å². The highest BCUT2D eigenvalue weighted by atomic mass is 31.2. The highest BCUT2D eigenvalue weighted by Gasteiger charge is 2.42. The molecular formula is C13H21NO8P2. The number of hydroxylamine groups is 2. The first-order valence-corrected chi connectivity index (χ1v) is 10.5. The first-order valence-electron chi connectivity index (χ1n) is 7.14. The van der Waals surface area contributed by atoms with Crippen molar-refractivity contribution >= 4 is 21.6 Å². The fraction of sp³-hybridized carbons (Fsp3) is 0.462. The van der Waals surface area contributed by atoms with Gasteiger partial charge in [0, 0.05) is 6.54 Å². The molecule has 0 aliphatic carbocycles. The molecule has 1 aromatic carbocycles. The van der Waals surface area contributed by atoms with Crippen LogP contribution >= 0.6 is 15.2 Å². The third kappa shape index (κ3) is 7.68. The van der Waals surface area contributed by atoms with E-state index in [9.17, 15) is 13.9 Å². The molecule has 0 saturated carbocycles. The van der Waals surface area contributed by atoms with Crippen LogP contribution in [0, 0.1) is 0 Å². The summed E-state index contributed by atoms with van der Waals surface area (Å²) in [4.78, 5) is 52.2. The maximum Gasteiger partial charge on any atom is 0.340 e. The zero-order valence-corrected chi connectivity index (χ0v) is 14.6. The summed E-state index contributed by atoms with van der Waals surface area (Å²) in [5, 5.41) is -0.975. The molecule has 0 saturated heterocycles. The molecule has 136 valence electrons. The normalized spacial score (nSPS) is 12.4. The second-order valence-electron chi connectivity index (χ2n) is 5.16. The minimum atomic E-state index is -4.90. The second kappa shape index (κ2) is 9.44. The highest BCUT2D eigenvalue weighted by molar-refractivity contribution is 7.70. The number of hydrogen-bond acceptors (Lipinski definition) is 4. The molecule has 1 amide bonds. The zero-order chi connectivity index (χ0) is 18.2. The van der Waals surface area contributed by atoms with Gasteiger partial charge in [0.25, 0.3) is 0 Å². The van der Waals surface area contributed by atoms with E-state index in [4.69, 9.17) is 24.4 Å². The van der Waals surface area contributed by atoms with E-state index in [0.717, 1.165) is 10.6 Å². The van der Waals surface area contributed by atoms with Crippen molar-refractivity contribution in [2.45, 2.75) is 31.3 Å². The maximum absolute atomic E-state index is 11.1. The first-order chi connectivity index (χ1) is 11.1. The Hall–Kier alpha value is -1.05. The van der Waals surface area contributed by atoms with Gasteiger partial charge in [0.05, 0.1) is 0 Å². The average Bonchev–Trinajstić information content (AvgIpc) is 2.48. The van der Waals surface area contributed by atoms with Crippen LogP contribution in [0.1, 0.15) is 24.8 Å². The molecule has 1 aromatic rings. The molecule has 0 fully saturated rings. The lowest BCUT2D eigenvalue weighted by Crippen LogP contribution is -2.23. The Labute approximate surface area is 139 Å². The molecule has 0 spiro atoms. The SMILES string of the molecule is O=CN(CCCCC(P(=O)(O)O)P(=O)(O)O)OCc1ccccc1. The van der Waals surface area contributed by atoms with Crippen LogP contribution in [0.2, 0.25) is 0 Å². The van der Waals surface area contributed by atoms with E-state index in [0.29, 0.717) is 6.41 Å². The number of amides is 1. The number of rotatable bonds is 11. The molecule has 0 bridgehead atoms. The molecule has 0 aliphatic rings. The van der Waals surface area contributed by atoms with Crippen molar-refractivity contribution in [3.05, 3.63) is 35.9 Å². The molecule has 24 heavy (non-hydrogen) atoms. The Balaban J connectivity index is 2.40. The second-order valence-corrected chi connectivity index (χ2v) is 9.17. The molecule has 0 unspecified atom stereocenters. The Bertz CT molecular complexity index is 577. The number of benzene rings is 1. The van der Waals surface area contributed by atoms with Crippen LogP contribution in [0.4, 0.5) is 0 Å². The fourth-order valence-electron chi connectivity index (χ4n) is 2.01. The lowest BCUT2D eigenvalue weighted by Gasteiger charge is -2.20. The van der Waals surface area contributed by atoms with Crippen LogP contribution in [-0.2, 0) is 25.4 Å². The van der Waals surface area contributed by atoms with Crippen molar-refractivity contribution in [3.8, 4) is 0 Å². The molecular weight excluding hydrogens is 360 g/mol. The predicted octanol–water partition coefficient (Wildman–Crippen LogP) is 1.43. The quantitative estimate of drug-likeness (QED) is 0.195. The summed E-state index contributed by atoms with van der Waals surface area (Å²) >= 11 is 0. The molecule has 1 rings (SSSR count). The maximum atomic E-state index is 11.1. The summed E-state index contributed by atoms with van der Waals surface area (Å²) < 4.78 is 22.3. The largest absolute Gasteiger partial charge is 0.340 e. The molecule has 4 N–H and O–H groups in total. The van der Waals surface area contributed by atoms with Crippen LogP contribution in [0.25, 0.3) is 0 Å². The number of carbonyl (C=O) groups is 1. The van der Waals surface area contributed by atoms with Crippen LogP contribution < -0.4 is 0 Å². The van der Waals surface area contributed by atoms with Gasteiger partial charge in [-0.05, 0) is 18.4 Å². The smallest absolute Gasteiger partial charge is 0.324 e. The molecule has 0 atom stereocenters. The fourth-order valence-corrected chi connectivity index (χ4v) is 4.61. The first kappa shape index (κ1) is 21.0. The molecule has 9 nitrogen and oxygen atoms in total. The summed E-state index contributed by atoms with van der Waals surface area (Å²) in [6, 6.07) is 9.16. The van der Waals surface area contributed by atoms with Crippen LogP contribution in [-0.4, -0.2) is 43.0 Å². The summed E-state index contributed by atoms with van der Waals surface area (Å²) in [5.74, 6) is 0. The molecule has 0 heterocycles. The Morgan fingerprint density at radius 3 is 2.12 bits per heavy atom. The summed E-state index contributed by atoms with van der Waals surface area (Å²) in [5.41, 5.74) is 0.868. The minimum absolute atomic E-state index is 0.125. The topological polar surface area (TPSA) is 145 Å². The third-order valence-corrected chi connectivity index (χ3v) is 7.10. The molecule has 0 aliphatic heterocycles. The van der Waals surface area contributed by atoms with E-state index < -0.39 is 20.6 Å². The van der Waals surface area contributed by atoms with Gasteiger partial charge in [-0.3, -0.25) is 18.8 Å². The van der Waals surface area contributed by atoms with E-state index >= 15 is 0 Å². The summed E-state index contributed by atoms with van der Waals surface area (Å²) in [6.07, 6.45) is 0.538. The summed E-state index contributed by atoms with van der Waals surface area (Å²) in [6.45, 7) is 0.332. The van der Waals surface area contributed by atoms with Gasteiger partial charge in [-0.15, -0.1) is 0 Å². The zero-order valence-electron chi connectivity index (χ0n) is 12.8. The monoisotopic (exact) mass is 381 g/mol. The van der Waals surface area contributed by atoms with Crippen molar-refractivity contribution in [2.75, 3.05) is 6.54 Å². The van der Waals surface area contributed by atoms with Gasteiger partial charge < -0.3 is 19.6 Å². The number of hydrogen-bond donors (Lipinski definition) is 4. The van der Waals surface area contributed by atoms with Gasteiger partial charge in [0.15, 0.2) is 5.40 Å². The molecule has 11 heteroatoms. The lowest BCUT2D eigenvalue weighted by molar-refractivity contribution is -0.177. The standard InChI is InChI=1S/C13H21NO8P2/c15-11-14(22-10-12-6-2-1-3-7-12)9-5-4-8-13(23(16,17)18)24(19,20)21/h1-3,6-7,11,13H,4-5,8-10H2,(H2,16,17,18)(H2,19,20,21). The van der Waals surface area contributed by atoms with Crippen molar-refractivity contribution in [1.82, 2.24) is 5.06 Å². The van der Waals surface area contributed by atoms with Crippen LogP contribution in [0.15, 0.2) is 30.3 Å². The third-order valence-electron chi connectivity index (χ3n) is 3.22. The van der Waals surface area contributed by atoms with E-state index in [1.807, 2.05) is 30.3 Å². The van der Waals surface area contributed by atoms with E-state index in [-0.39, 0.29) is 32.4 Å². The molecule has 0 aromatic heterocycles. The Morgan fingerprint density at radius 1 is 1.04 bits per heavy atom. The predicted molar refractivity (Wildman–Crippen MR) is 85.7 cm³/mol. The van der Waals surface area contributed by atoms with Crippen molar-refractivity contribution in [3.63, 3.8) is 0 Å². The lowest BCUT2D eigenvalue weighted by atomic mass is 10.2. The summed E-state index contributed by atoms with van der Waals surface area (Å²) in [7, 11) is -9.80. The van der Waals surface area contributed by atoms with Gasteiger partial charge in [-0.1, -0.05) is 36.8 Å². The average molecular weight is 381 g/mol. The van der Waals surface area contributed by atoms with Gasteiger partial charge in [0.2, 0.25) is 6.41 Å². The molecule has 0 radical (unpaired) electrons. The number of carbonyl (C=O) groups excluding carboxylic acids is 1. The van der Waals surface area contributed by atoms with E-state index in [1.54, 1.807) is 0 Å². The minimum Gasteiger partial charge on any atom is -0.324 e. The van der Waals surface area contributed by atoms with E-state index in [2.05, 4.69) is 0 Å². The van der Waals surface area contributed by atoms with Crippen molar-refractivity contribution in [1.29, 1.82) is 0 Å². The van der Waals surface area contributed by atoms with Gasteiger partial charge >= 0.3 is 15.2 Å². The van der Waals surface area contributed by atoms with Crippen LogP contribution in [0.3, 0.4) is 0 Å². The van der Waals surface area contributed by atoms with Crippen LogP contribution in [0.5, 0.6) is 0 Å². The van der Waals surface area contributed by atoms with Crippen molar-refractivity contribution in [2.24, 2.45) is 0 Å². The van der Waals surface area contributed by atoms with Crippen molar-refractivity contribution < 1.29 is 38.3 Å². The highest BCUT2D eigenvalue weighted by Crippen LogP contribution is 2.61. The number of nitrogens with zero attached hydrogens (tertiary/aromatic N) is 1. The van der Waals surface area contributed by atoms with Gasteiger partial charge in [-0.2, -0.15) is 0 Å². The van der Waals surface area contributed by atoms with Gasteiger partial charge in [0.1, 0.15) is 6.61 Å².